The third-order valence-corrected chi connectivity index (χ3v) is 2.66. The summed E-state index contributed by atoms with van der Waals surface area (Å²) in [6.07, 6.45) is 1.35. The van der Waals surface area contributed by atoms with Crippen LogP contribution in [0.15, 0.2) is 0 Å². The Hall–Kier alpha value is -0.650. The van der Waals surface area contributed by atoms with Crippen molar-refractivity contribution >= 4 is 5.97 Å². The first-order chi connectivity index (χ1) is 6.67. The Morgan fingerprint density at radius 2 is 2.00 bits per heavy atom. The summed E-state index contributed by atoms with van der Waals surface area (Å²) in [4.78, 5) is 11.2. The molecular weight excluding hydrogens is 186 g/mol. The van der Waals surface area contributed by atoms with E-state index in [-0.39, 0.29) is 12.0 Å². The highest BCUT2D eigenvalue weighted by Gasteiger charge is 2.37. The van der Waals surface area contributed by atoms with E-state index in [2.05, 4.69) is 10.1 Å². The summed E-state index contributed by atoms with van der Waals surface area (Å²) >= 11 is 0. The van der Waals surface area contributed by atoms with E-state index in [1.165, 1.54) is 7.11 Å². The number of rotatable bonds is 3. The largest absolute Gasteiger partial charge is 0.468 e. The zero-order valence-electron chi connectivity index (χ0n) is 8.83. The van der Waals surface area contributed by atoms with Crippen LogP contribution in [0.2, 0.25) is 0 Å². The van der Waals surface area contributed by atoms with Gasteiger partial charge in [0.1, 0.15) is 6.04 Å². The number of hydrogen-bond acceptors (Lipinski definition) is 5. The molecule has 1 heterocycles. The summed E-state index contributed by atoms with van der Waals surface area (Å²) in [6.45, 7) is 0.500. The summed E-state index contributed by atoms with van der Waals surface area (Å²) in [5.41, 5.74) is 0. The molecule has 0 spiro atoms. The van der Waals surface area contributed by atoms with Crippen molar-refractivity contribution in [2.75, 3.05) is 27.9 Å². The second-order valence-electron chi connectivity index (χ2n) is 3.31. The Kier molecular flexibility index (Phi) is 3.86. The van der Waals surface area contributed by atoms with Gasteiger partial charge in [-0.25, -0.2) is 0 Å². The quantitative estimate of drug-likeness (QED) is 0.513. The van der Waals surface area contributed by atoms with Crippen LogP contribution in [0, 0.1) is 0 Å². The minimum absolute atomic E-state index is 0.231. The average Bonchev–Trinajstić information content (AvgIpc) is 2.28. The molecule has 0 radical (unpaired) electrons. The van der Waals surface area contributed by atoms with Crippen LogP contribution in [0.5, 0.6) is 0 Å². The predicted octanol–water partition coefficient (Wildman–Crippen LogP) is -0.0995. The highest BCUT2D eigenvalue weighted by Crippen LogP contribution is 2.23. The van der Waals surface area contributed by atoms with Crippen LogP contribution < -0.4 is 5.32 Å². The van der Waals surface area contributed by atoms with Crippen LogP contribution >= 0.6 is 0 Å². The lowest BCUT2D eigenvalue weighted by atomic mass is 9.99. The van der Waals surface area contributed by atoms with E-state index in [0.29, 0.717) is 19.4 Å². The summed E-state index contributed by atoms with van der Waals surface area (Å²) in [6, 6.07) is -0.238. The number of nitrogens with one attached hydrogen (secondary N) is 1. The van der Waals surface area contributed by atoms with Crippen molar-refractivity contribution in [1.29, 1.82) is 0 Å². The van der Waals surface area contributed by atoms with Gasteiger partial charge < -0.3 is 14.2 Å². The Balaban J connectivity index is 2.48. The molecule has 0 saturated carbocycles. The maximum Gasteiger partial charge on any atom is 0.322 e. The van der Waals surface area contributed by atoms with E-state index >= 15 is 0 Å². The van der Waals surface area contributed by atoms with Crippen molar-refractivity contribution in [2.24, 2.45) is 0 Å². The standard InChI is InChI=1S/C9H17NO4/c1-12-8(11)7-4-5-9(13-2,14-3)6-10-7/h7,10H,4-6H2,1-3H3. The molecule has 1 rings (SSSR count). The number of piperidine rings is 1. The fourth-order valence-electron chi connectivity index (χ4n) is 1.61. The lowest BCUT2D eigenvalue weighted by molar-refractivity contribution is -0.218. The Labute approximate surface area is 83.7 Å². The highest BCUT2D eigenvalue weighted by molar-refractivity contribution is 5.75. The van der Waals surface area contributed by atoms with Crippen molar-refractivity contribution < 1.29 is 19.0 Å². The van der Waals surface area contributed by atoms with Gasteiger partial charge in [-0.15, -0.1) is 0 Å². The van der Waals surface area contributed by atoms with Gasteiger partial charge in [-0.3, -0.25) is 10.1 Å². The second kappa shape index (κ2) is 4.72. The normalized spacial score (nSPS) is 25.8. The Morgan fingerprint density at radius 1 is 1.36 bits per heavy atom. The monoisotopic (exact) mass is 203 g/mol. The van der Waals surface area contributed by atoms with E-state index in [4.69, 9.17) is 9.47 Å². The molecule has 1 fully saturated rings. The van der Waals surface area contributed by atoms with E-state index in [1.54, 1.807) is 14.2 Å². The number of methoxy groups -OCH3 is 3. The van der Waals surface area contributed by atoms with Crippen molar-refractivity contribution in [3.63, 3.8) is 0 Å². The fourth-order valence-corrected chi connectivity index (χ4v) is 1.61. The van der Waals surface area contributed by atoms with Crippen molar-refractivity contribution in [1.82, 2.24) is 5.32 Å². The molecule has 0 aliphatic carbocycles. The molecule has 1 aliphatic heterocycles. The molecule has 1 unspecified atom stereocenters. The number of carbonyl (C=O) groups excluding carboxylic acids is 1. The van der Waals surface area contributed by atoms with E-state index < -0.39 is 5.79 Å². The van der Waals surface area contributed by atoms with Crippen LogP contribution in [-0.2, 0) is 19.0 Å². The van der Waals surface area contributed by atoms with Crippen LogP contribution in [0.1, 0.15) is 12.8 Å². The molecule has 0 bridgehead atoms. The molecule has 0 amide bonds. The van der Waals surface area contributed by atoms with Gasteiger partial charge in [0.25, 0.3) is 0 Å². The van der Waals surface area contributed by atoms with E-state index in [0.717, 1.165) is 0 Å². The molecule has 5 nitrogen and oxygen atoms in total. The summed E-state index contributed by atoms with van der Waals surface area (Å²) in [7, 11) is 4.59. The second-order valence-corrected chi connectivity index (χ2v) is 3.31. The molecule has 14 heavy (non-hydrogen) atoms. The van der Waals surface area contributed by atoms with Gasteiger partial charge in [-0.1, -0.05) is 0 Å². The molecule has 1 saturated heterocycles. The Morgan fingerprint density at radius 3 is 2.36 bits per heavy atom. The molecular formula is C9H17NO4. The fraction of sp³-hybridized carbons (Fsp3) is 0.889. The molecule has 82 valence electrons. The number of esters is 1. The lowest BCUT2D eigenvalue weighted by Crippen LogP contribution is -2.55. The summed E-state index contributed by atoms with van der Waals surface area (Å²) in [5, 5.41) is 3.04. The molecule has 1 N–H and O–H groups in total. The zero-order valence-corrected chi connectivity index (χ0v) is 8.83. The number of ether oxygens (including phenoxy) is 3. The number of carbonyl (C=O) groups is 1. The van der Waals surface area contributed by atoms with Crippen LogP contribution in [0.3, 0.4) is 0 Å². The van der Waals surface area contributed by atoms with Gasteiger partial charge in [-0.05, 0) is 6.42 Å². The maximum absolute atomic E-state index is 11.2. The van der Waals surface area contributed by atoms with Crippen LogP contribution in [0.25, 0.3) is 0 Å². The zero-order chi connectivity index (χ0) is 10.6. The lowest BCUT2D eigenvalue weighted by Gasteiger charge is -2.37. The minimum Gasteiger partial charge on any atom is -0.468 e. The van der Waals surface area contributed by atoms with E-state index in [9.17, 15) is 4.79 Å². The van der Waals surface area contributed by atoms with Crippen molar-refractivity contribution in [2.45, 2.75) is 24.7 Å². The van der Waals surface area contributed by atoms with Gasteiger partial charge >= 0.3 is 5.97 Å². The molecule has 0 aromatic rings. The number of hydrogen-bond donors (Lipinski definition) is 1. The summed E-state index contributed by atoms with van der Waals surface area (Å²) in [5.74, 6) is -0.823. The first-order valence-corrected chi connectivity index (χ1v) is 4.59. The third kappa shape index (κ3) is 2.23. The molecule has 1 atom stereocenters. The molecule has 1 aliphatic rings. The molecule has 0 aromatic carbocycles. The highest BCUT2D eigenvalue weighted by atomic mass is 16.7. The Bertz CT molecular complexity index is 193. The van der Waals surface area contributed by atoms with E-state index in [1.807, 2.05) is 0 Å². The van der Waals surface area contributed by atoms with Gasteiger partial charge in [0, 0.05) is 20.6 Å². The molecule has 5 heteroatoms. The minimum atomic E-state index is -0.593. The van der Waals surface area contributed by atoms with Gasteiger partial charge in [0.05, 0.1) is 13.7 Å². The first kappa shape index (κ1) is 11.4. The predicted molar refractivity (Wildman–Crippen MR) is 49.8 cm³/mol. The first-order valence-electron chi connectivity index (χ1n) is 4.59. The molecule has 0 aromatic heterocycles. The SMILES string of the molecule is COC(=O)C1CCC(OC)(OC)CN1. The van der Waals surface area contributed by atoms with Crippen molar-refractivity contribution in [3.8, 4) is 0 Å². The van der Waals surface area contributed by atoms with Gasteiger partial charge in [0.2, 0.25) is 0 Å². The van der Waals surface area contributed by atoms with Crippen LogP contribution in [-0.4, -0.2) is 45.7 Å². The van der Waals surface area contributed by atoms with Gasteiger partial charge in [-0.2, -0.15) is 0 Å². The van der Waals surface area contributed by atoms with Crippen molar-refractivity contribution in [3.05, 3.63) is 0 Å². The smallest absolute Gasteiger partial charge is 0.322 e. The topological polar surface area (TPSA) is 56.8 Å². The average molecular weight is 203 g/mol. The maximum atomic E-state index is 11.2. The third-order valence-electron chi connectivity index (χ3n) is 2.66. The van der Waals surface area contributed by atoms with Crippen LogP contribution in [0.4, 0.5) is 0 Å². The summed E-state index contributed by atoms with van der Waals surface area (Å²) < 4.78 is 15.1. The van der Waals surface area contributed by atoms with Gasteiger partial charge in [0.15, 0.2) is 5.79 Å².